The fourth-order valence-electron chi connectivity index (χ4n) is 3.67. The fraction of sp³-hybridized carbons (Fsp3) is 0.455. The summed E-state index contributed by atoms with van der Waals surface area (Å²) in [6.07, 6.45) is 5.20. The first-order valence-corrected chi connectivity index (χ1v) is 10.1. The molecule has 0 N–H and O–H groups in total. The molecule has 2 heterocycles. The highest BCUT2D eigenvalue weighted by atomic mass is 19.1. The fourth-order valence-corrected chi connectivity index (χ4v) is 3.67. The van der Waals surface area contributed by atoms with E-state index in [1.807, 2.05) is 6.07 Å². The van der Waals surface area contributed by atoms with E-state index in [0.717, 1.165) is 25.7 Å². The molecule has 0 spiro atoms. The van der Waals surface area contributed by atoms with Crippen LogP contribution in [0.15, 0.2) is 47.1 Å². The molecule has 7 heteroatoms. The van der Waals surface area contributed by atoms with Crippen molar-refractivity contribution in [3.05, 3.63) is 59.8 Å². The summed E-state index contributed by atoms with van der Waals surface area (Å²) in [5.74, 6) is -0.245. The highest BCUT2D eigenvalue weighted by Gasteiger charge is 2.36. The van der Waals surface area contributed by atoms with Gasteiger partial charge in [0.15, 0.2) is 0 Å². The average molecular weight is 400 g/mol. The van der Waals surface area contributed by atoms with Gasteiger partial charge in [-0.3, -0.25) is 9.59 Å². The molecule has 2 fully saturated rings. The summed E-state index contributed by atoms with van der Waals surface area (Å²) in [5, 5.41) is 0. The van der Waals surface area contributed by atoms with Crippen LogP contribution in [0.2, 0.25) is 0 Å². The molecule has 1 atom stereocenters. The van der Waals surface area contributed by atoms with Gasteiger partial charge < -0.3 is 19.0 Å². The molecule has 1 aromatic heterocycles. The Labute approximate surface area is 169 Å². The van der Waals surface area contributed by atoms with Crippen LogP contribution in [-0.4, -0.2) is 53.5 Å². The van der Waals surface area contributed by atoms with Gasteiger partial charge >= 0.3 is 0 Å². The third-order valence-electron chi connectivity index (χ3n) is 5.35. The Morgan fingerprint density at radius 3 is 2.66 bits per heavy atom. The van der Waals surface area contributed by atoms with Gasteiger partial charge in [-0.25, -0.2) is 4.39 Å². The van der Waals surface area contributed by atoms with Crippen LogP contribution in [0.5, 0.6) is 0 Å². The van der Waals surface area contributed by atoms with E-state index in [4.69, 9.17) is 9.15 Å². The molecule has 2 aliphatic rings. The Morgan fingerprint density at radius 1 is 1.14 bits per heavy atom. The minimum absolute atomic E-state index is 0.00204. The van der Waals surface area contributed by atoms with Gasteiger partial charge in [0.2, 0.25) is 5.91 Å². The normalized spacial score (nSPS) is 18.6. The molecule has 1 aromatic carbocycles. The SMILES string of the molecule is O=C(CN(C(=O)c1cccc(F)c1)C1CC1)N(Cc1ccco1)C[C@@H]1CCCO1. The van der Waals surface area contributed by atoms with Crippen LogP contribution in [0, 0.1) is 5.82 Å². The minimum atomic E-state index is -0.462. The summed E-state index contributed by atoms with van der Waals surface area (Å²) in [6.45, 7) is 1.47. The first-order chi connectivity index (χ1) is 14.1. The molecule has 4 rings (SSSR count). The Kier molecular flexibility index (Phi) is 5.94. The number of hydrogen-bond acceptors (Lipinski definition) is 4. The van der Waals surface area contributed by atoms with Crippen molar-refractivity contribution in [2.75, 3.05) is 19.7 Å². The van der Waals surface area contributed by atoms with E-state index in [1.165, 1.54) is 18.2 Å². The van der Waals surface area contributed by atoms with Gasteiger partial charge in [0, 0.05) is 24.8 Å². The molecule has 29 heavy (non-hydrogen) atoms. The minimum Gasteiger partial charge on any atom is -0.467 e. The van der Waals surface area contributed by atoms with Crippen LogP contribution in [0.3, 0.4) is 0 Å². The van der Waals surface area contributed by atoms with E-state index in [9.17, 15) is 14.0 Å². The molecule has 0 bridgehead atoms. The highest BCUT2D eigenvalue weighted by Crippen LogP contribution is 2.28. The summed E-state index contributed by atoms with van der Waals surface area (Å²) in [4.78, 5) is 29.4. The molecule has 6 nitrogen and oxygen atoms in total. The van der Waals surface area contributed by atoms with Gasteiger partial charge in [-0.1, -0.05) is 6.07 Å². The first-order valence-electron chi connectivity index (χ1n) is 10.1. The van der Waals surface area contributed by atoms with Gasteiger partial charge in [0.05, 0.1) is 18.9 Å². The van der Waals surface area contributed by atoms with Gasteiger partial charge in [-0.05, 0) is 56.0 Å². The molecule has 1 saturated carbocycles. The summed E-state index contributed by atoms with van der Waals surface area (Å²) >= 11 is 0. The molecular formula is C22H25FN2O4. The zero-order chi connectivity index (χ0) is 20.2. The van der Waals surface area contributed by atoms with Crippen LogP contribution < -0.4 is 0 Å². The number of hydrogen-bond donors (Lipinski definition) is 0. The zero-order valence-electron chi connectivity index (χ0n) is 16.3. The second-order valence-electron chi connectivity index (χ2n) is 7.66. The molecular weight excluding hydrogens is 375 g/mol. The van der Waals surface area contributed by atoms with Crippen LogP contribution in [0.25, 0.3) is 0 Å². The van der Waals surface area contributed by atoms with Crippen molar-refractivity contribution in [1.29, 1.82) is 0 Å². The number of carbonyl (C=O) groups excluding carboxylic acids is 2. The number of furan rings is 1. The second-order valence-corrected chi connectivity index (χ2v) is 7.66. The lowest BCUT2D eigenvalue weighted by atomic mass is 10.2. The molecule has 2 amide bonds. The van der Waals surface area contributed by atoms with Crippen molar-refractivity contribution in [2.45, 2.75) is 44.4 Å². The Hall–Kier alpha value is -2.67. The number of benzene rings is 1. The van der Waals surface area contributed by atoms with Crippen molar-refractivity contribution >= 4 is 11.8 Å². The van der Waals surface area contributed by atoms with E-state index in [1.54, 1.807) is 28.2 Å². The van der Waals surface area contributed by atoms with E-state index >= 15 is 0 Å². The number of amides is 2. The predicted octanol–water partition coefficient (Wildman–Crippen LogP) is 3.23. The number of carbonyl (C=O) groups is 2. The van der Waals surface area contributed by atoms with E-state index in [2.05, 4.69) is 0 Å². The predicted molar refractivity (Wildman–Crippen MR) is 104 cm³/mol. The third kappa shape index (κ3) is 5.03. The van der Waals surface area contributed by atoms with Crippen LogP contribution in [0.4, 0.5) is 4.39 Å². The van der Waals surface area contributed by atoms with Crippen molar-refractivity contribution in [2.24, 2.45) is 0 Å². The number of ether oxygens (including phenoxy) is 1. The molecule has 2 aromatic rings. The third-order valence-corrected chi connectivity index (χ3v) is 5.35. The van der Waals surface area contributed by atoms with Crippen molar-refractivity contribution in [1.82, 2.24) is 9.80 Å². The smallest absolute Gasteiger partial charge is 0.254 e. The topological polar surface area (TPSA) is 63.0 Å². The maximum atomic E-state index is 13.6. The maximum Gasteiger partial charge on any atom is 0.254 e. The molecule has 0 radical (unpaired) electrons. The van der Waals surface area contributed by atoms with E-state index in [-0.39, 0.29) is 36.1 Å². The Balaban J connectivity index is 1.48. The second kappa shape index (κ2) is 8.78. The molecule has 1 saturated heterocycles. The van der Waals surface area contributed by atoms with Crippen molar-refractivity contribution in [3.8, 4) is 0 Å². The zero-order valence-corrected chi connectivity index (χ0v) is 16.3. The monoisotopic (exact) mass is 400 g/mol. The maximum absolute atomic E-state index is 13.6. The van der Waals surface area contributed by atoms with Gasteiger partial charge in [-0.2, -0.15) is 0 Å². The van der Waals surface area contributed by atoms with Crippen LogP contribution >= 0.6 is 0 Å². The van der Waals surface area contributed by atoms with Crippen LogP contribution in [0.1, 0.15) is 41.8 Å². The lowest BCUT2D eigenvalue weighted by molar-refractivity contribution is -0.134. The lowest BCUT2D eigenvalue weighted by Gasteiger charge is -2.29. The number of rotatable bonds is 8. The lowest BCUT2D eigenvalue weighted by Crippen LogP contribution is -2.45. The standard InChI is InChI=1S/C22H25FN2O4/c23-17-5-1-4-16(12-17)22(27)25(18-8-9-18)15-21(26)24(13-19-6-2-10-28-19)14-20-7-3-11-29-20/h1-2,4-6,10,12,18,20H,3,7-9,11,13-15H2/t20-/m0/s1. The van der Waals surface area contributed by atoms with Gasteiger partial charge in [-0.15, -0.1) is 0 Å². The number of halogens is 1. The highest BCUT2D eigenvalue weighted by molar-refractivity contribution is 5.97. The Bertz CT molecular complexity index is 844. The summed E-state index contributed by atoms with van der Waals surface area (Å²) in [7, 11) is 0. The average Bonchev–Trinajstić information content (AvgIpc) is 3.18. The summed E-state index contributed by atoms with van der Waals surface area (Å²) in [6, 6.07) is 9.25. The quantitative estimate of drug-likeness (QED) is 0.683. The summed E-state index contributed by atoms with van der Waals surface area (Å²) < 4.78 is 24.7. The van der Waals surface area contributed by atoms with Crippen molar-refractivity contribution < 1.29 is 23.1 Å². The van der Waals surface area contributed by atoms with E-state index < -0.39 is 5.82 Å². The molecule has 1 aliphatic heterocycles. The number of nitrogens with zero attached hydrogens (tertiary/aromatic N) is 2. The molecule has 1 aliphatic carbocycles. The summed E-state index contributed by atoms with van der Waals surface area (Å²) in [5.41, 5.74) is 0.265. The Morgan fingerprint density at radius 2 is 2.00 bits per heavy atom. The molecule has 0 unspecified atom stereocenters. The first kappa shape index (κ1) is 19.6. The molecule has 154 valence electrons. The van der Waals surface area contributed by atoms with Gasteiger partial charge in [0.25, 0.3) is 5.91 Å². The van der Waals surface area contributed by atoms with Crippen LogP contribution in [-0.2, 0) is 16.1 Å². The largest absolute Gasteiger partial charge is 0.467 e. The van der Waals surface area contributed by atoms with Crippen molar-refractivity contribution in [3.63, 3.8) is 0 Å². The van der Waals surface area contributed by atoms with E-state index in [0.29, 0.717) is 25.5 Å². The van der Waals surface area contributed by atoms with Gasteiger partial charge in [0.1, 0.15) is 18.1 Å².